The highest BCUT2D eigenvalue weighted by Crippen LogP contribution is 2.48. The lowest BCUT2D eigenvalue weighted by Crippen LogP contribution is -2.19. The molecule has 0 amide bonds. The highest BCUT2D eigenvalue weighted by atomic mass is 35.5. The Morgan fingerprint density at radius 2 is 1.80 bits per heavy atom. The molecule has 0 spiro atoms. The Labute approximate surface area is 124 Å². The largest absolute Gasteiger partial charge is 0.493 e. The summed E-state index contributed by atoms with van der Waals surface area (Å²) in [4.78, 5) is 10.9. The molecule has 3 nitrogen and oxygen atoms in total. The van der Waals surface area contributed by atoms with Crippen LogP contribution in [-0.4, -0.2) is 19.5 Å². The number of carbonyl (C=O) groups is 1. The molecular weight excluding hydrogens is 276 g/mol. The fourth-order valence-corrected chi connectivity index (χ4v) is 3.56. The number of hydrogen-bond acceptors (Lipinski definition) is 3. The predicted octanol–water partition coefficient (Wildman–Crippen LogP) is 3.68. The van der Waals surface area contributed by atoms with Gasteiger partial charge < -0.3 is 14.3 Å². The molecule has 0 aromatic heterocycles. The summed E-state index contributed by atoms with van der Waals surface area (Å²) >= 11 is 6.52. The first-order valence-electron chi connectivity index (χ1n) is 7.30. The molecule has 20 heavy (non-hydrogen) atoms. The van der Waals surface area contributed by atoms with Gasteiger partial charge in [0.1, 0.15) is 17.8 Å². The van der Waals surface area contributed by atoms with Crippen molar-refractivity contribution < 1.29 is 14.3 Å². The molecule has 3 rings (SSSR count). The molecule has 1 unspecified atom stereocenters. The highest BCUT2D eigenvalue weighted by molar-refractivity contribution is 6.33. The second-order valence-corrected chi connectivity index (χ2v) is 5.93. The molecule has 1 aromatic rings. The van der Waals surface area contributed by atoms with Gasteiger partial charge >= 0.3 is 0 Å². The lowest BCUT2D eigenvalue weighted by Gasteiger charge is -2.30. The average Bonchev–Trinajstić information content (AvgIpc) is 2.48. The van der Waals surface area contributed by atoms with Crippen LogP contribution in [0.5, 0.6) is 11.5 Å². The third kappa shape index (κ3) is 2.18. The fraction of sp³-hybridized carbons (Fsp3) is 0.562. The maximum Gasteiger partial charge on any atom is 0.141 e. The van der Waals surface area contributed by atoms with E-state index in [4.69, 9.17) is 21.1 Å². The zero-order valence-corrected chi connectivity index (χ0v) is 12.5. The molecule has 0 fully saturated rings. The van der Waals surface area contributed by atoms with Gasteiger partial charge in [0.15, 0.2) is 0 Å². The van der Waals surface area contributed by atoms with E-state index in [0.29, 0.717) is 13.0 Å². The summed E-state index contributed by atoms with van der Waals surface area (Å²) in [6, 6.07) is 0. The van der Waals surface area contributed by atoms with Crippen molar-refractivity contribution in [3.63, 3.8) is 0 Å². The van der Waals surface area contributed by atoms with Crippen LogP contribution in [0.25, 0.3) is 0 Å². The van der Waals surface area contributed by atoms with Gasteiger partial charge in [-0.2, -0.15) is 0 Å². The molecule has 1 atom stereocenters. The number of benzene rings is 1. The van der Waals surface area contributed by atoms with E-state index in [0.717, 1.165) is 71.8 Å². The molecular formula is C16H19ClO3. The number of ether oxygens (including phenoxy) is 2. The number of fused-ring (bicyclic) bond motifs is 2. The first-order valence-corrected chi connectivity index (χ1v) is 7.68. The van der Waals surface area contributed by atoms with Crippen LogP contribution in [0, 0.1) is 0 Å². The van der Waals surface area contributed by atoms with Gasteiger partial charge in [-0.05, 0) is 31.6 Å². The Morgan fingerprint density at radius 1 is 1.15 bits per heavy atom. The van der Waals surface area contributed by atoms with Crippen molar-refractivity contribution in [2.75, 3.05) is 13.2 Å². The monoisotopic (exact) mass is 294 g/mol. The maximum absolute atomic E-state index is 10.9. The van der Waals surface area contributed by atoms with Crippen LogP contribution in [0.15, 0.2) is 0 Å². The van der Waals surface area contributed by atoms with Crippen LogP contribution in [0.4, 0.5) is 0 Å². The predicted molar refractivity (Wildman–Crippen MR) is 78.2 cm³/mol. The minimum atomic E-state index is 0.145. The van der Waals surface area contributed by atoms with Crippen molar-refractivity contribution in [3.8, 4) is 11.5 Å². The Hall–Kier alpha value is -1.22. The lowest BCUT2D eigenvalue weighted by molar-refractivity contribution is -0.108. The van der Waals surface area contributed by atoms with Crippen molar-refractivity contribution in [1.82, 2.24) is 0 Å². The Kier molecular flexibility index (Phi) is 3.88. The van der Waals surface area contributed by atoms with Gasteiger partial charge in [-0.15, -0.1) is 0 Å². The SMILES string of the molecule is CC(CC=O)c1c2c(c(Cl)c3c1OCCC3)OCCC2. The summed E-state index contributed by atoms with van der Waals surface area (Å²) in [6.45, 7) is 3.52. The zero-order chi connectivity index (χ0) is 14.1. The molecule has 0 saturated carbocycles. The zero-order valence-electron chi connectivity index (χ0n) is 11.7. The molecule has 0 aliphatic carbocycles. The first kappa shape index (κ1) is 13.7. The summed E-state index contributed by atoms with van der Waals surface area (Å²) in [6.07, 6.45) is 5.32. The van der Waals surface area contributed by atoms with E-state index in [1.54, 1.807) is 0 Å². The third-order valence-corrected chi connectivity index (χ3v) is 4.56. The molecule has 2 aliphatic heterocycles. The van der Waals surface area contributed by atoms with Gasteiger partial charge in [0.2, 0.25) is 0 Å². The smallest absolute Gasteiger partial charge is 0.141 e. The first-order chi connectivity index (χ1) is 9.74. The van der Waals surface area contributed by atoms with Crippen LogP contribution < -0.4 is 9.47 Å². The molecule has 2 heterocycles. The molecule has 4 heteroatoms. The van der Waals surface area contributed by atoms with Gasteiger partial charge in [-0.3, -0.25) is 0 Å². The van der Waals surface area contributed by atoms with Crippen molar-refractivity contribution in [2.45, 2.75) is 44.9 Å². The quantitative estimate of drug-likeness (QED) is 0.798. The van der Waals surface area contributed by atoms with Crippen molar-refractivity contribution >= 4 is 17.9 Å². The fourth-order valence-electron chi connectivity index (χ4n) is 3.21. The third-order valence-electron chi connectivity index (χ3n) is 4.16. The van der Waals surface area contributed by atoms with Crippen LogP contribution >= 0.6 is 11.6 Å². The van der Waals surface area contributed by atoms with E-state index in [-0.39, 0.29) is 5.92 Å². The number of halogens is 1. The molecule has 0 radical (unpaired) electrons. The van der Waals surface area contributed by atoms with Crippen LogP contribution in [-0.2, 0) is 17.6 Å². The second-order valence-electron chi connectivity index (χ2n) is 5.55. The highest BCUT2D eigenvalue weighted by Gasteiger charge is 2.30. The lowest BCUT2D eigenvalue weighted by atomic mass is 9.85. The van der Waals surface area contributed by atoms with Crippen molar-refractivity contribution in [2.24, 2.45) is 0 Å². The summed E-state index contributed by atoms with van der Waals surface area (Å²) in [7, 11) is 0. The van der Waals surface area contributed by atoms with Gasteiger partial charge in [0, 0.05) is 23.1 Å². The minimum absolute atomic E-state index is 0.145. The minimum Gasteiger partial charge on any atom is -0.493 e. The summed E-state index contributed by atoms with van der Waals surface area (Å²) in [5.41, 5.74) is 3.36. The topological polar surface area (TPSA) is 35.5 Å². The van der Waals surface area contributed by atoms with Crippen LogP contribution in [0.3, 0.4) is 0 Å². The van der Waals surface area contributed by atoms with Crippen LogP contribution in [0.2, 0.25) is 5.02 Å². The van der Waals surface area contributed by atoms with Gasteiger partial charge in [0.05, 0.1) is 18.2 Å². The Morgan fingerprint density at radius 3 is 2.50 bits per heavy atom. The molecule has 1 aromatic carbocycles. The van der Waals surface area contributed by atoms with Gasteiger partial charge in [0.25, 0.3) is 0 Å². The number of hydrogen-bond donors (Lipinski definition) is 0. The van der Waals surface area contributed by atoms with Gasteiger partial charge in [-0.1, -0.05) is 18.5 Å². The van der Waals surface area contributed by atoms with Crippen LogP contribution in [0.1, 0.15) is 48.8 Å². The molecule has 0 N–H and O–H groups in total. The van der Waals surface area contributed by atoms with Gasteiger partial charge in [-0.25, -0.2) is 0 Å². The van der Waals surface area contributed by atoms with E-state index in [9.17, 15) is 4.79 Å². The van der Waals surface area contributed by atoms with E-state index >= 15 is 0 Å². The van der Waals surface area contributed by atoms with E-state index in [2.05, 4.69) is 6.92 Å². The summed E-state index contributed by atoms with van der Waals surface area (Å²) < 4.78 is 11.7. The maximum atomic E-state index is 10.9. The normalized spacial score (nSPS) is 18.3. The summed E-state index contributed by atoms with van der Waals surface area (Å²) in [5.74, 6) is 1.89. The number of rotatable bonds is 3. The Bertz CT molecular complexity index is 502. The van der Waals surface area contributed by atoms with Crippen molar-refractivity contribution in [1.29, 1.82) is 0 Å². The molecule has 108 valence electrons. The number of aldehydes is 1. The second kappa shape index (κ2) is 5.65. The summed E-state index contributed by atoms with van der Waals surface area (Å²) in [5, 5.41) is 0.719. The molecule has 2 aliphatic rings. The van der Waals surface area contributed by atoms with E-state index < -0.39 is 0 Å². The van der Waals surface area contributed by atoms with E-state index in [1.807, 2.05) is 0 Å². The molecule has 0 bridgehead atoms. The number of carbonyl (C=O) groups excluding carboxylic acids is 1. The average molecular weight is 295 g/mol. The van der Waals surface area contributed by atoms with Crippen molar-refractivity contribution in [3.05, 3.63) is 21.7 Å². The van der Waals surface area contributed by atoms with E-state index in [1.165, 1.54) is 0 Å². The Balaban J connectivity index is 2.21. The standard InChI is InChI=1S/C16H19ClO3/c1-10(6-7-18)13-11-4-2-9-20-16(11)14(17)12-5-3-8-19-15(12)13/h7,10H,2-6,8-9H2,1H3. The molecule has 0 saturated heterocycles.